The van der Waals surface area contributed by atoms with Crippen molar-refractivity contribution in [1.29, 1.82) is 0 Å². The molecular formula is C15H20N2. The molecule has 0 aliphatic carbocycles. The molecule has 1 heterocycles. The van der Waals surface area contributed by atoms with Crippen molar-refractivity contribution in [3.8, 4) is 0 Å². The largest absolute Gasteiger partial charge is 0.355 e. The summed E-state index contributed by atoms with van der Waals surface area (Å²) in [6.07, 6.45) is 6.01. The first-order chi connectivity index (χ1) is 8.35. The molecule has 0 bridgehead atoms. The van der Waals surface area contributed by atoms with Crippen LogP contribution in [0.25, 0.3) is 0 Å². The van der Waals surface area contributed by atoms with Crippen molar-refractivity contribution in [3.05, 3.63) is 60.4 Å². The zero-order chi connectivity index (χ0) is 12.1. The maximum atomic E-state index is 3.86. The summed E-state index contributed by atoms with van der Waals surface area (Å²) in [5.41, 5.74) is 2.90. The van der Waals surface area contributed by atoms with E-state index in [0.29, 0.717) is 5.92 Å². The zero-order valence-electron chi connectivity index (χ0n) is 10.4. The van der Waals surface area contributed by atoms with Gasteiger partial charge in [-0.3, -0.25) is 0 Å². The molecule has 0 saturated carbocycles. The minimum Gasteiger partial charge on any atom is -0.355 e. The Morgan fingerprint density at radius 1 is 1.47 bits per heavy atom. The predicted molar refractivity (Wildman–Crippen MR) is 72.6 cm³/mol. The van der Waals surface area contributed by atoms with Gasteiger partial charge in [-0.1, -0.05) is 36.9 Å². The van der Waals surface area contributed by atoms with Gasteiger partial charge in [0.05, 0.1) is 0 Å². The van der Waals surface area contributed by atoms with E-state index in [2.05, 4.69) is 47.3 Å². The first-order valence-electron chi connectivity index (χ1n) is 6.14. The highest BCUT2D eigenvalue weighted by molar-refractivity contribution is 5.33. The SMILES string of the molecule is C=CN(/C=C\C)CC1CNCc2ccccc21. The molecule has 2 nitrogen and oxygen atoms in total. The number of hydrogen-bond acceptors (Lipinski definition) is 2. The molecule has 1 aromatic rings. The van der Waals surface area contributed by atoms with E-state index in [1.54, 1.807) is 0 Å². The Bertz CT molecular complexity index is 409. The molecule has 1 aromatic carbocycles. The fraction of sp³-hybridized carbons (Fsp3) is 0.333. The van der Waals surface area contributed by atoms with Crippen LogP contribution in [0.4, 0.5) is 0 Å². The molecular weight excluding hydrogens is 208 g/mol. The van der Waals surface area contributed by atoms with Crippen molar-refractivity contribution >= 4 is 0 Å². The van der Waals surface area contributed by atoms with Gasteiger partial charge in [0.1, 0.15) is 0 Å². The quantitative estimate of drug-likeness (QED) is 0.852. The van der Waals surface area contributed by atoms with Gasteiger partial charge >= 0.3 is 0 Å². The molecule has 0 amide bonds. The third-order valence-electron chi connectivity index (χ3n) is 3.21. The third kappa shape index (κ3) is 2.77. The number of rotatable bonds is 4. The number of benzene rings is 1. The Balaban J connectivity index is 2.15. The number of nitrogens with one attached hydrogen (secondary N) is 1. The van der Waals surface area contributed by atoms with Crippen LogP contribution in [0.1, 0.15) is 24.0 Å². The summed E-state index contributed by atoms with van der Waals surface area (Å²) in [6, 6.07) is 8.70. The highest BCUT2D eigenvalue weighted by Gasteiger charge is 2.20. The lowest BCUT2D eigenvalue weighted by molar-refractivity contribution is 0.417. The number of nitrogens with zero attached hydrogens (tertiary/aromatic N) is 1. The smallest absolute Gasteiger partial charge is 0.0300 e. The maximum Gasteiger partial charge on any atom is 0.0300 e. The maximum absolute atomic E-state index is 3.86. The lowest BCUT2D eigenvalue weighted by atomic mass is 9.90. The molecule has 1 N–H and O–H groups in total. The number of fused-ring (bicyclic) bond motifs is 1. The molecule has 0 aromatic heterocycles. The highest BCUT2D eigenvalue weighted by atomic mass is 15.1. The van der Waals surface area contributed by atoms with Gasteiger partial charge in [0.25, 0.3) is 0 Å². The first-order valence-corrected chi connectivity index (χ1v) is 6.14. The molecule has 0 spiro atoms. The van der Waals surface area contributed by atoms with Crippen molar-refractivity contribution in [3.63, 3.8) is 0 Å². The van der Waals surface area contributed by atoms with Crippen molar-refractivity contribution in [2.45, 2.75) is 19.4 Å². The molecule has 90 valence electrons. The van der Waals surface area contributed by atoms with Crippen LogP contribution in [0.2, 0.25) is 0 Å². The normalized spacial score (nSPS) is 19.0. The Morgan fingerprint density at radius 2 is 2.29 bits per heavy atom. The number of hydrogen-bond donors (Lipinski definition) is 1. The van der Waals surface area contributed by atoms with Gasteiger partial charge < -0.3 is 10.2 Å². The Morgan fingerprint density at radius 3 is 3.06 bits per heavy atom. The molecule has 1 aliphatic rings. The number of allylic oxidation sites excluding steroid dienone is 1. The predicted octanol–water partition coefficient (Wildman–Crippen LogP) is 2.85. The molecule has 0 radical (unpaired) electrons. The van der Waals surface area contributed by atoms with E-state index in [1.807, 2.05) is 19.2 Å². The van der Waals surface area contributed by atoms with Gasteiger partial charge in [0, 0.05) is 25.6 Å². The summed E-state index contributed by atoms with van der Waals surface area (Å²) in [7, 11) is 0. The van der Waals surface area contributed by atoms with Crippen molar-refractivity contribution < 1.29 is 0 Å². The van der Waals surface area contributed by atoms with E-state index < -0.39 is 0 Å². The van der Waals surface area contributed by atoms with Crippen LogP contribution < -0.4 is 5.32 Å². The second-order valence-electron chi connectivity index (χ2n) is 4.39. The van der Waals surface area contributed by atoms with Gasteiger partial charge in [-0.25, -0.2) is 0 Å². The van der Waals surface area contributed by atoms with E-state index >= 15 is 0 Å². The zero-order valence-corrected chi connectivity index (χ0v) is 10.4. The molecule has 0 saturated heterocycles. The molecule has 1 unspecified atom stereocenters. The van der Waals surface area contributed by atoms with Crippen LogP contribution in [0.15, 0.2) is 49.3 Å². The van der Waals surface area contributed by atoms with Crippen LogP contribution in [-0.4, -0.2) is 18.0 Å². The lowest BCUT2D eigenvalue weighted by Gasteiger charge is -2.29. The fourth-order valence-corrected chi connectivity index (χ4v) is 2.39. The van der Waals surface area contributed by atoms with E-state index in [9.17, 15) is 0 Å². The Kier molecular flexibility index (Phi) is 3.99. The van der Waals surface area contributed by atoms with Gasteiger partial charge in [-0.2, -0.15) is 0 Å². The molecule has 17 heavy (non-hydrogen) atoms. The minimum atomic E-state index is 0.536. The lowest BCUT2D eigenvalue weighted by Crippen LogP contribution is -2.33. The molecule has 1 atom stereocenters. The topological polar surface area (TPSA) is 15.3 Å². The van der Waals surface area contributed by atoms with E-state index in [0.717, 1.165) is 19.6 Å². The molecule has 2 heteroatoms. The van der Waals surface area contributed by atoms with E-state index in [4.69, 9.17) is 0 Å². The van der Waals surface area contributed by atoms with Crippen molar-refractivity contribution in [1.82, 2.24) is 10.2 Å². The fourth-order valence-electron chi connectivity index (χ4n) is 2.39. The second-order valence-corrected chi connectivity index (χ2v) is 4.39. The summed E-state index contributed by atoms with van der Waals surface area (Å²) in [5, 5.41) is 3.48. The second kappa shape index (κ2) is 5.69. The Hall–Kier alpha value is -1.54. The molecule has 1 aliphatic heterocycles. The van der Waals surface area contributed by atoms with Crippen molar-refractivity contribution in [2.75, 3.05) is 13.1 Å². The summed E-state index contributed by atoms with van der Waals surface area (Å²) in [5.74, 6) is 0.536. The third-order valence-corrected chi connectivity index (χ3v) is 3.21. The van der Waals surface area contributed by atoms with Crippen LogP contribution in [-0.2, 0) is 6.54 Å². The monoisotopic (exact) mass is 228 g/mol. The van der Waals surface area contributed by atoms with E-state index in [-0.39, 0.29) is 0 Å². The molecule has 0 fully saturated rings. The van der Waals surface area contributed by atoms with Crippen LogP contribution in [0.3, 0.4) is 0 Å². The minimum absolute atomic E-state index is 0.536. The summed E-state index contributed by atoms with van der Waals surface area (Å²) in [6.45, 7) is 8.90. The summed E-state index contributed by atoms with van der Waals surface area (Å²) in [4.78, 5) is 2.15. The standard InChI is InChI=1S/C15H20N2/c1-3-9-17(4-2)12-14-11-16-10-13-7-5-6-8-15(13)14/h3-9,14,16H,2,10-12H2,1H3/b9-3-. The Labute approximate surface area is 104 Å². The molecule has 2 rings (SSSR count). The first kappa shape index (κ1) is 11.9. The summed E-state index contributed by atoms with van der Waals surface area (Å²) < 4.78 is 0. The van der Waals surface area contributed by atoms with Crippen LogP contribution >= 0.6 is 0 Å². The van der Waals surface area contributed by atoms with Crippen LogP contribution in [0, 0.1) is 0 Å². The van der Waals surface area contributed by atoms with Crippen LogP contribution in [0.5, 0.6) is 0 Å². The van der Waals surface area contributed by atoms with Gasteiger partial charge in [0.2, 0.25) is 0 Å². The average molecular weight is 228 g/mol. The average Bonchev–Trinajstić information content (AvgIpc) is 2.38. The highest BCUT2D eigenvalue weighted by Crippen LogP contribution is 2.24. The van der Waals surface area contributed by atoms with Gasteiger partial charge in [-0.05, 0) is 30.5 Å². The van der Waals surface area contributed by atoms with Crippen molar-refractivity contribution in [2.24, 2.45) is 0 Å². The van der Waals surface area contributed by atoms with E-state index in [1.165, 1.54) is 11.1 Å². The van der Waals surface area contributed by atoms with Gasteiger partial charge in [0.15, 0.2) is 0 Å². The summed E-state index contributed by atoms with van der Waals surface area (Å²) >= 11 is 0. The van der Waals surface area contributed by atoms with Gasteiger partial charge in [-0.15, -0.1) is 0 Å².